The number of carbonyl (C=O) groups excluding carboxylic acids is 1. The van der Waals surface area contributed by atoms with Crippen LogP contribution in [0, 0.1) is 16.7 Å². The van der Waals surface area contributed by atoms with Gasteiger partial charge < -0.3 is 11.1 Å². The molecule has 4 nitrogen and oxygen atoms in total. The van der Waals surface area contributed by atoms with E-state index < -0.39 is 0 Å². The highest BCUT2D eigenvalue weighted by Crippen LogP contribution is 2.53. The van der Waals surface area contributed by atoms with Gasteiger partial charge in [-0.05, 0) is 30.5 Å². The van der Waals surface area contributed by atoms with Crippen LogP contribution >= 0.6 is 11.8 Å². The number of nitrogens with two attached hydrogens (primary N) is 1. The van der Waals surface area contributed by atoms with Crippen LogP contribution in [0.5, 0.6) is 0 Å². The lowest BCUT2D eigenvalue weighted by Crippen LogP contribution is -2.23. The third-order valence-electron chi connectivity index (χ3n) is 3.60. The summed E-state index contributed by atoms with van der Waals surface area (Å²) in [5.74, 6) is 0.472. The number of nitrogens with zero attached hydrogens (tertiary/aromatic N) is 1. The van der Waals surface area contributed by atoms with Gasteiger partial charge in [0.15, 0.2) is 0 Å². The van der Waals surface area contributed by atoms with Gasteiger partial charge in [-0.1, -0.05) is 6.07 Å². The number of carbonyl (C=O) groups is 1. The summed E-state index contributed by atoms with van der Waals surface area (Å²) >= 11 is 1.53. The van der Waals surface area contributed by atoms with Gasteiger partial charge in [-0.25, -0.2) is 0 Å². The maximum atomic E-state index is 11.4. The number of benzene rings is 1. The summed E-state index contributed by atoms with van der Waals surface area (Å²) in [7, 11) is 0. The molecular formula is C13H13N3OS. The van der Waals surface area contributed by atoms with E-state index >= 15 is 0 Å². The first-order chi connectivity index (χ1) is 8.64. The van der Waals surface area contributed by atoms with Crippen LogP contribution in [-0.4, -0.2) is 11.7 Å². The number of rotatable bonds is 2. The van der Waals surface area contributed by atoms with Gasteiger partial charge in [0.1, 0.15) is 0 Å². The first kappa shape index (κ1) is 11.6. The highest BCUT2D eigenvalue weighted by Gasteiger charge is 2.49. The lowest BCUT2D eigenvalue weighted by Gasteiger charge is -2.21. The third-order valence-corrected chi connectivity index (χ3v) is 4.68. The molecule has 1 amide bonds. The van der Waals surface area contributed by atoms with Gasteiger partial charge in [0.2, 0.25) is 5.91 Å². The number of fused-ring (bicyclic) bond motifs is 1. The van der Waals surface area contributed by atoms with E-state index in [1.807, 2.05) is 18.2 Å². The van der Waals surface area contributed by atoms with E-state index in [-0.39, 0.29) is 17.4 Å². The zero-order chi connectivity index (χ0) is 12.8. The highest BCUT2D eigenvalue weighted by molar-refractivity contribution is 8.00. The van der Waals surface area contributed by atoms with Gasteiger partial charge in [0.25, 0.3) is 0 Å². The molecule has 1 unspecified atom stereocenters. The summed E-state index contributed by atoms with van der Waals surface area (Å²) in [5, 5.41) is 12.0. The van der Waals surface area contributed by atoms with Crippen LogP contribution in [-0.2, 0) is 4.79 Å². The Balaban J connectivity index is 1.93. The normalized spacial score (nSPS) is 21.4. The molecule has 0 spiro atoms. The summed E-state index contributed by atoms with van der Waals surface area (Å²) in [5.41, 5.74) is 7.53. The maximum absolute atomic E-state index is 11.4. The van der Waals surface area contributed by atoms with Crippen molar-refractivity contribution in [3.8, 4) is 6.07 Å². The van der Waals surface area contributed by atoms with Crippen molar-refractivity contribution in [2.75, 3.05) is 11.1 Å². The predicted octanol–water partition coefficient (Wildman–Crippen LogP) is 2.03. The minimum atomic E-state index is -0.389. The second-order valence-corrected chi connectivity index (χ2v) is 5.86. The van der Waals surface area contributed by atoms with Crippen molar-refractivity contribution in [1.29, 1.82) is 5.26 Å². The molecule has 3 N–H and O–H groups in total. The topological polar surface area (TPSA) is 78.9 Å². The number of nitrogens with one attached hydrogen (secondary N) is 1. The lowest BCUT2D eigenvalue weighted by atomic mass is 9.92. The van der Waals surface area contributed by atoms with Gasteiger partial charge in [-0.3, -0.25) is 4.79 Å². The van der Waals surface area contributed by atoms with E-state index in [0.717, 1.165) is 29.0 Å². The van der Waals surface area contributed by atoms with E-state index in [2.05, 4.69) is 11.4 Å². The molecule has 1 aromatic carbocycles. The Kier molecular flexibility index (Phi) is 2.58. The molecule has 0 saturated heterocycles. The zero-order valence-electron chi connectivity index (χ0n) is 9.77. The van der Waals surface area contributed by atoms with Crippen LogP contribution in [0.3, 0.4) is 0 Å². The van der Waals surface area contributed by atoms with E-state index in [1.165, 1.54) is 11.8 Å². The highest BCUT2D eigenvalue weighted by atomic mass is 32.2. The first-order valence-corrected chi connectivity index (χ1v) is 6.87. The average molecular weight is 259 g/mol. The Morgan fingerprint density at radius 2 is 2.28 bits per heavy atom. The van der Waals surface area contributed by atoms with Gasteiger partial charge in [0, 0.05) is 10.9 Å². The van der Waals surface area contributed by atoms with Crippen molar-refractivity contribution in [3.63, 3.8) is 0 Å². The van der Waals surface area contributed by atoms with Crippen molar-refractivity contribution in [2.45, 2.75) is 23.8 Å². The Labute approximate surface area is 110 Å². The molecule has 0 aromatic heterocycles. The van der Waals surface area contributed by atoms with Crippen LogP contribution in [0.2, 0.25) is 0 Å². The smallest absolute Gasteiger partial charge is 0.234 e. The monoisotopic (exact) mass is 259 g/mol. The molecule has 92 valence electrons. The van der Waals surface area contributed by atoms with Crippen LogP contribution in [0.15, 0.2) is 23.1 Å². The average Bonchev–Trinajstić information content (AvgIpc) is 3.18. The Bertz CT molecular complexity index is 560. The summed E-state index contributed by atoms with van der Waals surface area (Å²) in [6, 6.07) is 7.90. The van der Waals surface area contributed by atoms with Crippen molar-refractivity contribution < 1.29 is 4.79 Å². The van der Waals surface area contributed by atoms with E-state index in [4.69, 9.17) is 11.0 Å². The predicted molar refractivity (Wildman–Crippen MR) is 70.0 cm³/mol. The Hall–Kier alpha value is -1.51. The Morgan fingerprint density at radius 1 is 1.50 bits per heavy atom. The summed E-state index contributed by atoms with van der Waals surface area (Å²) < 4.78 is 0. The molecule has 1 aliphatic heterocycles. The summed E-state index contributed by atoms with van der Waals surface area (Å²) in [6.07, 6.45) is 1.73. The van der Waals surface area contributed by atoms with Gasteiger partial charge in [-0.15, -0.1) is 11.8 Å². The van der Waals surface area contributed by atoms with Gasteiger partial charge in [0.05, 0.1) is 22.9 Å². The maximum Gasteiger partial charge on any atom is 0.234 e. The van der Waals surface area contributed by atoms with Crippen LogP contribution in [0.4, 0.5) is 5.69 Å². The fraction of sp³-hybridized carbons (Fsp3) is 0.385. The molecule has 18 heavy (non-hydrogen) atoms. The molecule has 1 aliphatic carbocycles. The number of hydrogen-bond acceptors (Lipinski definition) is 4. The fourth-order valence-electron chi connectivity index (χ4n) is 2.24. The van der Waals surface area contributed by atoms with Gasteiger partial charge >= 0.3 is 0 Å². The largest absolute Gasteiger partial charge is 0.324 e. The summed E-state index contributed by atoms with van der Waals surface area (Å²) in [4.78, 5) is 12.4. The summed E-state index contributed by atoms with van der Waals surface area (Å²) in [6.45, 7) is 0. The van der Waals surface area contributed by atoms with E-state index in [0.29, 0.717) is 5.75 Å². The molecule has 0 radical (unpaired) electrons. The standard InChI is InChI=1S/C13H13N3OS/c14-7-13(3-4-13)12(15)8-1-2-10-9(5-8)16-11(17)6-18-10/h1-2,5,12H,3-4,6,15H2,(H,16,17). The van der Waals surface area contributed by atoms with Crippen LogP contribution < -0.4 is 11.1 Å². The quantitative estimate of drug-likeness (QED) is 0.851. The second-order valence-electron chi connectivity index (χ2n) is 4.84. The molecule has 1 saturated carbocycles. The van der Waals surface area contributed by atoms with Crippen molar-refractivity contribution >= 4 is 23.4 Å². The number of thioether (sulfide) groups is 1. The first-order valence-electron chi connectivity index (χ1n) is 5.88. The molecule has 1 fully saturated rings. The zero-order valence-corrected chi connectivity index (χ0v) is 10.6. The molecule has 1 aromatic rings. The minimum absolute atomic E-state index is 0.0136. The van der Waals surface area contributed by atoms with Crippen LogP contribution in [0.25, 0.3) is 0 Å². The third kappa shape index (κ3) is 1.78. The van der Waals surface area contributed by atoms with Crippen LogP contribution in [0.1, 0.15) is 24.4 Å². The number of nitriles is 1. The van der Waals surface area contributed by atoms with E-state index in [1.54, 1.807) is 0 Å². The molecule has 0 bridgehead atoms. The minimum Gasteiger partial charge on any atom is -0.324 e. The SMILES string of the molecule is N#CC1(C(N)c2ccc3c(c2)NC(=O)CS3)CC1. The Morgan fingerprint density at radius 3 is 2.94 bits per heavy atom. The fourth-order valence-corrected chi connectivity index (χ4v) is 3.03. The molecule has 3 rings (SSSR count). The van der Waals surface area contributed by atoms with Crippen molar-refractivity contribution in [3.05, 3.63) is 23.8 Å². The molecule has 2 aliphatic rings. The number of anilines is 1. The molecule has 5 heteroatoms. The number of amides is 1. The van der Waals surface area contributed by atoms with E-state index in [9.17, 15) is 4.79 Å². The molecule has 1 atom stereocenters. The van der Waals surface area contributed by atoms with Gasteiger partial charge in [-0.2, -0.15) is 5.26 Å². The van der Waals surface area contributed by atoms with Crippen molar-refractivity contribution in [1.82, 2.24) is 0 Å². The molecule has 1 heterocycles. The molecular weight excluding hydrogens is 246 g/mol. The second kappa shape index (κ2) is 4.01. The lowest BCUT2D eigenvalue weighted by molar-refractivity contribution is -0.113. The number of hydrogen-bond donors (Lipinski definition) is 2. The van der Waals surface area contributed by atoms with Crippen molar-refractivity contribution in [2.24, 2.45) is 11.1 Å².